The first kappa shape index (κ1) is 27.3. The number of rotatable bonds is 11. The highest BCUT2D eigenvalue weighted by molar-refractivity contribution is 6.00. The molecule has 9 heteroatoms. The number of ether oxygens (including phenoxy) is 3. The molecule has 0 radical (unpaired) electrons. The number of hydrogen-bond acceptors (Lipinski definition) is 6. The Morgan fingerprint density at radius 1 is 0.846 bits per heavy atom. The van der Waals surface area contributed by atoms with Crippen molar-refractivity contribution in [1.29, 1.82) is 0 Å². The van der Waals surface area contributed by atoms with Crippen LogP contribution in [-0.4, -0.2) is 60.9 Å². The van der Waals surface area contributed by atoms with Gasteiger partial charge in [-0.1, -0.05) is 37.3 Å². The van der Waals surface area contributed by atoms with Crippen LogP contribution in [0.25, 0.3) is 16.9 Å². The molecule has 0 aliphatic heterocycles. The van der Waals surface area contributed by atoms with Crippen LogP contribution in [0.3, 0.4) is 0 Å². The molecule has 39 heavy (non-hydrogen) atoms. The van der Waals surface area contributed by atoms with Crippen molar-refractivity contribution in [2.45, 2.75) is 13.3 Å². The third-order valence-electron chi connectivity index (χ3n) is 6.08. The third-order valence-corrected chi connectivity index (χ3v) is 6.08. The standard InChI is InChI=1S/C30H32N4O5/c1-5-15-33(30(36)22-16-25(38-3)18-26(17-22)39-4)20-29(35)31-28-19-27(21-9-7-6-8-10-21)32-34(28)23-11-13-24(37-2)14-12-23/h6-14,16-19H,5,15,20H2,1-4H3,(H,31,35). The van der Waals surface area contributed by atoms with Crippen LogP contribution in [0.15, 0.2) is 78.9 Å². The van der Waals surface area contributed by atoms with Gasteiger partial charge in [0.25, 0.3) is 5.91 Å². The first-order valence-electron chi connectivity index (χ1n) is 12.6. The van der Waals surface area contributed by atoms with E-state index in [4.69, 9.17) is 19.3 Å². The van der Waals surface area contributed by atoms with Gasteiger partial charge in [0.1, 0.15) is 29.6 Å². The molecule has 4 rings (SSSR count). The number of anilines is 1. The molecule has 0 aliphatic carbocycles. The molecular weight excluding hydrogens is 496 g/mol. The lowest BCUT2D eigenvalue weighted by Crippen LogP contribution is -2.38. The molecule has 0 saturated heterocycles. The fraction of sp³-hybridized carbons (Fsp3) is 0.233. The van der Waals surface area contributed by atoms with E-state index in [1.54, 1.807) is 30.0 Å². The fourth-order valence-electron chi connectivity index (χ4n) is 4.13. The first-order chi connectivity index (χ1) is 18.9. The van der Waals surface area contributed by atoms with Gasteiger partial charge in [-0.15, -0.1) is 0 Å². The van der Waals surface area contributed by atoms with E-state index in [1.807, 2.05) is 67.6 Å². The van der Waals surface area contributed by atoms with Crippen molar-refractivity contribution < 1.29 is 23.8 Å². The third kappa shape index (κ3) is 6.56. The topological polar surface area (TPSA) is 94.9 Å². The van der Waals surface area contributed by atoms with E-state index in [0.717, 1.165) is 11.3 Å². The highest BCUT2D eigenvalue weighted by atomic mass is 16.5. The molecule has 0 saturated carbocycles. The molecule has 0 fully saturated rings. The molecule has 9 nitrogen and oxygen atoms in total. The monoisotopic (exact) mass is 528 g/mol. The summed E-state index contributed by atoms with van der Waals surface area (Å²) >= 11 is 0. The summed E-state index contributed by atoms with van der Waals surface area (Å²) in [4.78, 5) is 28.2. The zero-order valence-electron chi connectivity index (χ0n) is 22.5. The molecule has 1 aromatic heterocycles. The Morgan fingerprint density at radius 2 is 1.49 bits per heavy atom. The maximum absolute atomic E-state index is 13.4. The highest BCUT2D eigenvalue weighted by Gasteiger charge is 2.21. The van der Waals surface area contributed by atoms with E-state index >= 15 is 0 Å². The summed E-state index contributed by atoms with van der Waals surface area (Å²) in [5, 5.41) is 7.70. The lowest BCUT2D eigenvalue weighted by Gasteiger charge is -2.22. The molecule has 202 valence electrons. The van der Waals surface area contributed by atoms with Gasteiger partial charge in [0.2, 0.25) is 5.91 Å². The lowest BCUT2D eigenvalue weighted by atomic mass is 10.1. The Morgan fingerprint density at radius 3 is 2.08 bits per heavy atom. The quantitative estimate of drug-likeness (QED) is 0.293. The molecule has 1 N–H and O–H groups in total. The summed E-state index contributed by atoms with van der Waals surface area (Å²) in [7, 11) is 4.65. The van der Waals surface area contributed by atoms with Crippen LogP contribution in [0.1, 0.15) is 23.7 Å². The van der Waals surface area contributed by atoms with Crippen LogP contribution in [0.5, 0.6) is 17.2 Å². The Hall–Kier alpha value is -4.79. The number of nitrogens with one attached hydrogen (secondary N) is 1. The molecule has 0 spiro atoms. The van der Waals surface area contributed by atoms with Crippen molar-refractivity contribution in [1.82, 2.24) is 14.7 Å². The minimum atomic E-state index is -0.346. The maximum Gasteiger partial charge on any atom is 0.254 e. The summed E-state index contributed by atoms with van der Waals surface area (Å²) < 4.78 is 17.6. The van der Waals surface area contributed by atoms with E-state index in [1.165, 1.54) is 19.1 Å². The van der Waals surface area contributed by atoms with Crippen LogP contribution in [0.2, 0.25) is 0 Å². The Kier molecular flexibility index (Phi) is 8.83. The second kappa shape index (κ2) is 12.6. The first-order valence-corrected chi connectivity index (χ1v) is 12.6. The summed E-state index contributed by atoms with van der Waals surface area (Å²) in [6.07, 6.45) is 0.683. The van der Waals surface area contributed by atoms with E-state index in [-0.39, 0.29) is 18.4 Å². The van der Waals surface area contributed by atoms with Gasteiger partial charge in [-0.25, -0.2) is 4.68 Å². The van der Waals surface area contributed by atoms with Crippen molar-refractivity contribution in [3.8, 4) is 34.2 Å². The number of hydrogen-bond donors (Lipinski definition) is 1. The van der Waals surface area contributed by atoms with Crippen molar-refractivity contribution in [3.05, 3.63) is 84.4 Å². The van der Waals surface area contributed by atoms with Gasteiger partial charge in [-0.05, 0) is 42.8 Å². The van der Waals surface area contributed by atoms with Gasteiger partial charge in [-0.3, -0.25) is 9.59 Å². The molecule has 0 unspecified atom stereocenters. The fourth-order valence-corrected chi connectivity index (χ4v) is 4.13. The van der Waals surface area contributed by atoms with E-state index < -0.39 is 0 Å². The van der Waals surface area contributed by atoms with Gasteiger partial charge < -0.3 is 24.4 Å². The lowest BCUT2D eigenvalue weighted by molar-refractivity contribution is -0.116. The molecule has 4 aromatic rings. The van der Waals surface area contributed by atoms with Gasteiger partial charge >= 0.3 is 0 Å². The number of methoxy groups -OCH3 is 3. The molecular formula is C30H32N4O5. The Bertz CT molecular complexity index is 1400. The van der Waals surface area contributed by atoms with Crippen molar-refractivity contribution in [2.75, 3.05) is 39.7 Å². The predicted molar refractivity (Wildman–Crippen MR) is 150 cm³/mol. The number of carbonyl (C=O) groups excluding carboxylic acids is 2. The van der Waals surface area contributed by atoms with Crippen molar-refractivity contribution >= 4 is 17.6 Å². The molecule has 3 aromatic carbocycles. The Balaban J connectivity index is 1.60. The van der Waals surface area contributed by atoms with E-state index in [9.17, 15) is 9.59 Å². The number of amides is 2. The average Bonchev–Trinajstić information content (AvgIpc) is 3.40. The smallest absolute Gasteiger partial charge is 0.254 e. The summed E-state index contributed by atoms with van der Waals surface area (Å²) in [5.74, 6) is 1.54. The summed E-state index contributed by atoms with van der Waals surface area (Å²) in [6.45, 7) is 2.22. The molecule has 0 bridgehead atoms. The molecule has 1 heterocycles. The summed E-state index contributed by atoms with van der Waals surface area (Å²) in [6, 6.07) is 23.9. The SMILES string of the molecule is CCCN(CC(=O)Nc1cc(-c2ccccc2)nn1-c1ccc(OC)cc1)C(=O)c1cc(OC)cc(OC)c1. The molecule has 0 atom stereocenters. The number of nitrogens with zero attached hydrogens (tertiary/aromatic N) is 3. The van der Waals surface area contributed by atoms with E-state index in [0.29, 0.717) is 47.3 Å². The molecule has 2 amide bonds. The maximum atomic E-state index is 13.4. The second-order valence-corrected chi connectivity index (χ2v) is 8.77. The minimum Gasteiger partial charge on any atom is -0.497 e. The zero-order chi connectivity index (χ0) is 27.8. The minimum absolute atomic E-state index is 0.138. The van der Waals surface area contributed by atoms with Crippen LogP contribution in [0.4, 0.5) is 5.82 Å². The molecule has 0 aliphatic rings. The number of carbonyl (C=O) groups is 2. The van der Waals surface area contributed by atoms with Crippen LogP contribution in [-0.2, 0) is 4.79 Å². The second-order valence-electron chi connectivity index (χ2n) is 8.77. The van der Waals surface area contributed by atoms with Crippen LogP contribution in [0, 0.1) is 0 Å². The number of benzene rings is 3. The largest absolute Gasteiger partial charge is 0.497 e. The predicted octanol–water partition coefficient (Wildman–Crippen LogP) is 5.06. The zero-order valence-corrected chi connectivity index (χ0v) is 22.5. The van der Waals surface area contributed by atoms with Gasteiger partial charge in [0.05, 0.1) is 32.7 Å². The van der Waals surface area contributed by atoms with Gasteiger partial charge in [-0.2, -0.15) is 5.10 Å². The average molecular weight is 529 g/mol. The van der Waals surface area contributed by atoms with Crippen LogP contribution >= 0.6 is 0 Å². The summed E-state index contributed by atoms with van der Waals surface area (Å²) in [5.41, 5.74) is 2.74. The Labute approximate surface area is 227 Å². The van der Waals surface area contributed by atoms with Crippen LogP contribution < -0.4 is 19.5 Å². The van der Waals surface area contributed by atoms with E-state index in [2.05, 4.69) is 5.32 Å². The van der Waals surface area contributed by atoms with Crippen molar-refractivity contribution in [3.63, 3.8) is 0 Å². The van der Waals surface area contributed by atoms with Crippen molar-refractivity contribution in [2.24, 2.45) is 0 Å². The number of aromatic nitrogens is 2. The highest BCUT2D eigenvalue weighted by Crippen LogP contribution is 2.26. The van der Waals surface area contributed by atoms with Gasteiger partial charge in [0.15, 0.2) is 0 Å². The normalized spacial score (nSPS) is 10.6. The van der Waals surface area contributed by atoms with Gasteiger partial charge in [0, 0.05) is 29.8 Å².